The summed E-state index contributed by atoms with van der Waals surface area (Å²) in [5.41, 5.74) is 3.36. The minimum absolute atomic E-state index is 0.541. The average molecular weight is 340 g/mol. The van der Waals surface area contributed by atoms with Crippen molar-refractivity contribution >= 4 is 5.82 Å². The Labute approximate surface area is 150 Å². The molecule has 0 amide bonds. The van der Waals surface area contributed by atoms with Crippen LogP contribution in [0.2, 0.25) is 0 Å². The summed E-state index contributed by atoms with van der Waals surface area (Å²) >= 11 is 0. The van der Waals surface area contributed by atoms with Gasteiger partial charge in [0.2, 0.25) is 0 Å². The maximum Gasteiger partial charge on any atom is 0.145 e. The number of morpholine rings is 1. The number of nitrogens with zero attached hydrogens (tertiary/aromatic N) is 3. The molecule has 5 heteroatoms. The van der Waals surface area contributed by atoms with E-state index in [4.69, 9.17) is 9.72 Å². The van der Waals surface area contributed by atoms with Gasteiger partial charge in [-0.3, -0.25) is 9.88 Å². The fraction of sp³-hybridized carbons (Fsp3) is 0.500. The molecule has 2 heterocycles. The fourth-order valence-electron chi connectivity index (χ4n) is 2.97. The quantitative estimate of drug-likeness (QED) is 0.783. The van der Waals surface area contributed by atoms with E-state index in [1.165, 1.54) is 5.56 Å². The van der Waals surface area contributed by atoms with Gasteiger partial charge < -0.3 is 10.1 Å². The molecule has 1 aromatic heterocycles. The molecule has 0 unspecified atom stereocenters. The van der Waals surface area contributed by atoms with Crippen LogP contribution in [0, 0.1) is 0 Å². The number of rotatable bonds is 7. The molecule has 1 aromatic carbocycles. The molecule has 0 saturated carbocycles. The Morgan fingerprint density at radius 2 is 1.88 bits per heavy atom. The van der Waals surface area contributed by atoms with E-state index in [9.17, 15) is 0 Å². The molecular weight excluding hydrogens is 312 g/mol. The number of aromatic nitrogens is 2. The number of anilines is 1. The van der Waals surface area contributed by atoms with Crippen molar-refractivity contribution in [3.8, 4) is 11.3 Å². The Morgan fingerprint density at radius 3 is 2.60 bits per heavy atom. The van der Waals surface area contributed by atoms with E-state index >= 15 is 0 Å². The maximum atomic E-state index is 5.38. The predicted molar refractivity (Wildman–Crippen MR) is 102 cm³/mol. The van der Waals surface area contributed by atoms with Crippen LogP contribution in [0.15, 0.2) is 36.7 Å². The van der Waals surface area contributed by atoms with Crippen molar-refractivity contribution in [1.29, 1.82) is 0 Å². The Bertz CT molecular complexity index is 651. The van der Waals surface area contributed by atoms with Crippen LogP contribution in [0.4, 0.5) is 5.82 Å². The lowest BCUT2D eigenvalue weighted by Gasteiger charge is -2.26. The highest BCUT2D eigenvalue weighted by Gasteiger charge is 2.09. The summed E-state index contributed by atoms with van der Waals surface area (Å²) in [5.74, 6) is 1.38. The van der Waals surface area contributed by atoms with Gasteiger partial charge in [-0.25, -0.2) is 4.98 Å². The Morgan fingerprint density at radius 1 is 1.12 bits per heavy atom. The van der Waals surface area contributed by atoms with Gasteiger partial charge in [0, 0.05) is 25.2 Å². The number of hydrogen-bond donors (Lipinski definition) is 1. The minimum atomic E-state index is 0.541. The lowest BCUT2D eigenvalue weighted by molar-refractivity contribution is 0.0378. The Hall–Kier alpha value is -1.98. The number of nitrogens with one attached hydrogen (secondary N) is 1. The van der Waals surface area contributed by atoms with E-state index in [0.717, 1.165) is 62.9 Å². The van der Waals surface area contributed by atoms with Crippen LogP contribution in [0.25, 0.3) is 11.3 Å². The lowest BCUT2D eigenvalue weighted by Crippen LogP contribution is -2.37. The average Bonchev–Trinajstić information content (AvgIpc) is 2.66. The third-order valence-electron chi connectivity index (χ3n) is 4.57. The van der Waals surface area contributed by atoms with Crippen LogP contribution in [-0.4, -0.2) is 54.3 Å². The highest BCUT2D eigenvalue weighted by atomic mass is 16.5. The zero-order valence-corrected chi connectivity index (χ0v) is 15.2. The van der Waals surface area contributed by atoms with E-state index in [2.05, 4.69) is 53.3 Å². The topological polar surface area (TPSA) is 50.3 Å². The second-order valence-electron chi connectivity index (χ2n) is 6.80. The molecule has 0 bridgehead atoms. The molecule has 0 atom stereocenters. The summed E-state index contributed by atoms with van der Waals surface area (Å²) in [4.78, 5) is 11.5. The molecule has 1 aliphatic heterocycles. The third-order valence-corrected chi connectivity index (χ3v) is 4.57. The zero-order valence-electron chi connectivity index (χ0n) is 15.2. The normalized spacial score (nSPS) is 15.5. The molecule has 1 fully saturated rings. The fourth-order valence-corrected chi connectivity index (χ4v) is 2.97. The first kappa shape index (κ1) is 17.8. The first-order valence-electron chi connectivity index (χ1n) is 9.19. The zero-order chi connectivity index (χ0) is 17.5. The molecular formula is C20H28N4O. The molecule has 1 N–H and O–H groups in total. The molecule has 134 valence electrons. The van der Waals surface area contributed by atoms with Crippen LogP contribution in [-0.2, 0) is 4.74 Å². The highest BCUT2D eigenvalue weighted by Crippen LogP contribution is 2.21. The van der Waals surface area contributed by atoms with Crippen molar-refractivity contribution in [1.82, 2.24) is 14.9 Å². The number of benzene rings is 1. The summed E-state index contributed by atoms with van der Waals surface area (Å²) < 4.78 is 5.38. The van der Waals surface area contributed by atoms with Crippen LogP contribution in [0.1, 0.15) is 31.7 Å². The van der Waals surface area contributed by atoms with Gasteiger partial charge in [-0.1, -0.05) is 38.1 Å². The number of ether oxygens (including phenoxy) is 1. The van der Waals surface area contributed by atoms with Crippen molar-refractivity contribution in [2.45, 2.75) is 26.2 Å². The standard InChI is InChI=1S/C20H28N4O/c1-16(2)17-4-6-18(7-5-17)19-14-21-15-20(23-19)22-8-3-9-24-10-12-25-13-11-24/h4-7,14-16H,3,8-13H2,1-2H3,(H,22,23). The lowest BCUT2D eigenvalue weighted by atomic mass is 10.0. The van der Waals surface area contributed by atoms with E-state index < -0.39 is 0 Å². The summed E-state index contributed by atoms with van der Waals surface area (Å²) in [6.07, 6.45) is 4.71. The highest BCUT2D eigenvalue weighted by molar-refractivity contribution is 5.60. The van der Waals surface area contributed by atoms with Crippen molar-refractivity contribution in [2.75, 3.05) is 44.7 Å². The third kappa shape index (κ3) is 5.25. The molecule has 5 nitrogen and oxygen atoms in total. The Balaban J connectivity index is 1.52. The van der Waals surface area contributed by atoms with E-state index in [1.54, 1.807) is 6.20 Å². The second-order valence-corrected chi connectivity index (χ2v) is 6.80. The van der Waals surface area contributed by atoms with Gasteiger partial charge in [0.25, 0.3) is 0 Å². The first-order valence-corrected chi connectivity index (χ1v) is 9.19. The van der Waals surface area contributed by atoms with E-state index in [-0.39, 0.29) is 0 Å². The van der Waals surface area contributed by atoms with E-state index in [1.807, 2.05) is 6.20 Å². The molecule has 0 spiro atoms. The molecule has 0 radical (unpaired) electrons. The molecule has 3 rings (SSSR count). The first-order chi connectivity index (χ1) is 12.2. The molecule has 0 aliphatic carbocycles. The molecule has 1 aliphatic rings. The van der Waals surface area contributed by atoms with Crippen molar-refractivity contribution in [2.24, 2.45) is 0 Å². The minimum Gasteiger partial charge on any atom is -0.379 e. The van der Waals surface area contributed by atoms with Gasteiger partial charge in [-0.2, -0.15) is 0 Å². The van der Waals surface area contributed by atoms with Crippen LogP contribution in [0.5, 0.6) is 0 Å². The smallest absolute Gasteiger partial charge is 0.145 e. The Kier molecular flexibility index (Phi) is 6.36. The SMILES string of the molecule is CC(C)c1ccc(-c2cncc(NCCCN3CCOCC3)n2)cc1. The largest absolute Gasteiger partial charge is 0.379 e. The van der Waals surface area contributed by atoms with Crippen molar-refractivity contribution < 1.29 is 4.74 Å². The number of hydrogen-bond acceptors (Lipinski definition) is 5. The predicted octanol–water partition coefficient (Wildman–Crippen LogP) is 3.40. The van der Waals surface area contributed by atoms with Crippen molar-refractivity contribution in [3.63, 3.8) is 0 Å². The summed E-state index contributed by atoms with van der Waals surface area (Å²) in [5, 5.41) is 3.39. The van der Waals surface area contributed by atoms with Gasteiger partial charge >= 0.3 is 0 Å². The van der Waals surface area contributed by atoms with Gasteiger partial charge in [-0.05, 0) is 24.4 Å². The summed E-state index contributed by atoms with van der Waals surface area (Å²) in [7, 11) is 0. The molecule has 25 heavy (non-hydrogen) atoms. The van der Waals surface area contributed by atoms with Gasteiger partial charge in [0.05, 0.1) is 31.3 Å². The van der Waals surface area contributed by atoms with Crippen LogP contribution >= 0.6 is 0 Å². The summed E-state index contributed by atoms with van der Waals surface area (Å²) in [6, 6.07) is 8.59. The monoisotopic (exact) mass is 340 g/mol. The van der Waals surface area contributed by atoms with Crippen LogP contribution < -0.4 is 5.32 Å². The van der Waals surface area contributed by atoms with Crippen molar-refractivity contribution in [3.05, 3.63) is 42.2 Å². The second kappa shape index (κ2) is 8.92. The van der Waals surface area contributed by atoms with Gasteiger partial charge in [-0.15, -0.1) is 0 Å². The summed E-state index contributed by atoms with van der Waals surface area (Å²) in [6.45, 7) is 10.2. The van der Waals surface area contributed by atoms with Gasteiger partial charge in [0.1, 0.15) is 5.82 Å². The molecule has 2 aromatic rings. The maximum absolute atomic E-state index is 5.38. The van der Waals surface area contributed by atoms with Gasteiger partial charge in [0.15, 0.2) is 0 Å². The molecule has 1 saturated heterocycles. The van der Waals surface area contributed by atoms with E-state index in [0.29, 0.717) is 5.92 Å². The van der Waals surface area contributed by atoms with Crippen LogP contribution in [0.3, 0.4) is 0 Å².